The van der Waals surface area contributed by atoms with Crippen LogP contribution in [-0.2, 0) is 6.54 Å². The van der Waals surface area contributed by atoms with E-state index < -0.39 is 0 Å². The van der Waals surface area contributed by atoms with Crippen molar-refractivity contribution in [1.29, 1.82) is 0 Å². The molecule has 1 aliphatic heterocycles. The minimum absolute atomic E-state index is 0.195. The van der Waals surface area contributed by atoms with Gasteiger partial charge in [0.05, 0.1) is 6.61 Å². The second kappa shape index (κ2) is 8.26. The second-order valence-corrected chi connectivity index (χ2v) is 5.68. The molecule has 118 valence electrons. The van der Waals surface area contributed by atoms with Crippen molar-refractivity contribution in [2.45, 2.75) is 19.9 Å². The van der Waals surface area contributed by atoms with Crippen molar-refractivity contribution in [2.75, 3.05) is 57.8 Å². The smallest absolute Gasteiger partial charge is 0.225 e. The fourth-order valence-electron chi connectivity index (χ4n) is 2.59. The fraction of sp³-hybridized carbons (Fsp3) is 0.733. The Bertz CT molecular complexity index is 397. The first-order valence-corrected chi connectivity index (χ1v) is 7.80. The molecule has 1 saturated heterocycles. The molecule has 0 saturated carbocycles. The first-order chi connectivity index (χ1) is 10.2. The van der Waals surface area contributed by atoms with Gasteiger partial charge in [0.2, 0.25) is 5.95 Å². The zero-order valence-corrected chi connectivity index (χ0v) is 13.2. The molecule has 0 spiro atoms. The van der Waals surface area contributed by atoms with Crippen LogP contribution < -0.4 is 4.90 Å². The Morgan fingerprint density at radius 2 is 1.81 bits per heavy atom. The molecule has 0 aromatic carbocycles. The summed E-state index contributed by atoms with van der Waals surface area (Å²) in [7, 11) is 2.14. The maximum absolute atomic E-state index is 9.09. The Labute approximate surface area is 127 Å². The Morgan fingerprint density at radius 3 is 2.38 bits per heavy atom. The van der Waals surface area contributed by atoms with Crippen molar-refractivity contribution in [1.82, 2.24) is 19.8 Å². The topological polar surface area (TPSA) is 55.7 Å². The number of rotatable bonds is 7. The molecule has 0 radical (unpaired) electrons. The Morgan fingerprint density at radius 1 is 1.14 bits per heavy atom. The molecule has 6 nitrogen and oxygen atoms in total. The molecular formula is C15H27N5O. The van der Waals surface area contributed by atoms with Gasteiger partial charge in [0, 0.05) is 57.2 Å². The minimum Gasteiger partial charge on any atom is -0.395 e. The van der Waals surface area contributed by atoms with E-state index in [1.807, 2.05) is 12.4 Å². The molecule has 21 heavy (non-hydrogen) atoms. The molecule has 0 unspecified atom stereocenters. The van der Waals surface area contributed by atoms with Crippen LogP contribution in [0, 0.1) is 0 Å². The Balaban J connectivity index is 1.91. The van der Waals surface area contributed by atoms with Gasteiger partial charge in [-0.1, -0.05) is 6.92 Å². The molecule has 0 bridgehead atoms. The van der Waals surface area contributed by atoms with Gasteiger partial charge >= 0.3 is 0 Å². The lowest BCUT2D eigenvalue weighted by Gasteiger charge is -2.32. The van der Waals surface area contributed by atoms with Gasteiger partial charge in [-0.2, -0.15) is 0 Å². The van der Waals surface area contributed by atoms with E-state index in [0.717, 1.165) is 57.2 Å². The van der Waals surface area contributed by atoms with Gasteiger partial charge in [-0.25, -0.2) is 9.97 Å². The molecule has 6 heteroatoms. The molecule has 1 aromatic heterocycles. The number of hydrogen-bond acceptors (Lipinski definition) is 6. The number of hydrogen-bond donors (Lipinski definition) is 1. The summed E-state index contributed by atoms with van der Waals surface area (Å²) in [5.41, 5.74) is 1.11. The highest BCUT2D eigenvalue weighted by atomic mass is 16.3. The van der Waals surface area contributed by atoms with E-state index in [1.54, 1.807) is 0 Å². The lowest BCUT2D eigenvalue weighted by atomic mass is 10.3. The standard InChI is InChI=1S/C15H27N5O/c1-3-4-19(9-10-21)13-14-11-16-15(17-12-14)20-7-5-18(2)6-8-20/h11-12,21H,3-10,13H2,1-2H3. The zero-order chi connectivity index (χ0) is 15.1. The number of likely N-dealkylation sites (N-methyl/N-ethyl adjacent to an activating group) is 1. The minimum atomic E-state index is 0.195. The zero-order valence-electron chi connectivity index (χ0n) is 13.2. The van der Waals surface area contributed by atoms with Crippen molar-refractivity contribution >= 4 is 5.95 Å². The van der Waals surface area contributed by atoms with Crippen LogP contribution in [0.3, 0.4) is 0 Å². The third-order valence-electron chi connectivity index (χ3n) is 3.84. The fourth-order valence-corrected chi connectivity index (χ4v) is 2.59. The molecule has 1 N–H and O–H groups in total. The van der Waals surface area contributed by atoms with Crippen LogP contribution in [0.2, 0.25) is 0 Å². The highest BCUT2D eigenvalue weighted by molar-refractivity contribution is 5.30. The SMILES string of the molecule is CCCN(CCO)Cc1cnc(N2CCN(C)CC2)nc1. The summed E-state index contributed by atoms with van der Waals surface area (Å²) in [5, 5.41) is 9.09. The van der Waals surface area contributed by atoms with Gasteiger partial charge in [0.1, 0.15) is 0 Å². The Kier molecular flexibility index (Phi) is 6.35. The third-order valence-corrected chi connectivity index (χ3v) is 3.84. The predicted octanol–water partition coefficient (Wildman–Crippen LogP) is 0.433. The summed E-state index contributed by atoms with van der Waals surface area (Å²) >= 11 is 0. The number of aliphatic hydroxyl groups is 1. The highest BCUT2D eigenvalue weighted by Crippen LogP contribution is 2.11. The number of anilines is 1. The van der Waals surface area contributed by atoms with Gasteiger partial charge < -0.3 is 14.9 Å². The van der Waals surface area contributed by atoms with E-state index in [9.17, 15) is 0 Å². The summed E-state index contributed by atoms with van der Waals surface area (Å²) < 4.78 is 0. The molecule has 2 heterocycles. The van der Waals surface area contributed by atoms with E-state index >= 15 is 0 Å². The predicted molar refractivity (Wildman–Crippen MR) is 84.4 cm³/mol. The highest BCUT2D eigenvalue weighted by Gasteiger charge is 2.16. The number of piperazine rings is 1. The van der Waals surface area contributed by atoms with Crippen molar-refractivity contribution in [3.63, 3.8) is 0 Å². The lowest BCUT2D eigenvalue weighted by molar-refractivity contribution is 0.190. The molecular weight excluding hydrogens is 266 g/mol. The van der Waals surface area contributed by atoms with Crippen molar-refractivity contribution < 1.29 is 5.11 Å². The molecule has 1 aliphatic rings. The van der Waals surface area contributed by atoms with E-state index in [1.165, 1.54) is 0 Å². The van der Waals surface area contributed by atoms with E-state index in [-0.39, 0.29) is 6.61 Å². The van der Waals surface area contributed by atoms with Gasteiger partial charge in [0.25, 0.3) is 0 Å². The number of nitrogens with zero attached hydrogens (tertiary/aromatic N) is 5. The Hall–Kier alpha value is -1.24. The maximum Gasteiger partial charge on any atom is 0.225 e. The summed E-state index contributed by atoms with van der Waals surface area (Å²) in [6.07, 6.45) is 4.92. The largest absolute Gasteiger partial charge is 0.395 e. The first-order valence-electron chi connectivity index (χ1n) is 7.80. The lowest BCUT2D eigenvalue weighted by Crippen LogP contribution is -2.45. The van der Waals surface area contributed by atoms with Crippen LogP contribution >= 0.6 is 0 Å². The number of aliphatic hydroxyl groups excluding tert-OH is 1. The summed E-state index contributed by atoms with van der Waals surface area (Å²) in [5.74, 6) is 0.830. The molecule has 1 aromatic rings. The number of aromatic nitrogens is 2. The first kappa shape index (κ1) is 16.1. The summed E-state index contributed by atoms with van der Waals surface area (Å²) in [6.45, 7) is 8.94. The normalized spacial score (nSPS) is 16.7. The van der Waals surface area contributed by atoms with Crippen LogP contribution in [0.1, 0.15) is 18.9 Å². The van der Waals surface area contributed by atoms with Crippen molar-refractivity contribution in [3.8, 4) is 0 Å². The van der Waals surface area contributed by atoms with Crippen LogP contribution in [0.15, 0.2) is 12.4 Å². The summed E-state index contributed by atoms with van der Waals surface area (Å²) in [4.78, 5) is 15.8. The van der Waals surface area contributed by atoms with Crippen LogP contribution in [0.4, 0.5) is 5.95 Å². The average molecular weight is 293 g/mol. The molecule has 1 fully saturated rings. The maximum atomic E-state index is 9.09. The molecule has 0 atom stereocenters. The quantitative estimate of drug-likeness (QED) is 0.787. The van der Waals surface area contributed by atoms with E-state index in [4.69, 9.17) is 5.11 Å². The van der Waals surface area contributed by atoms with E-state index in [2.05, 4.69) is 38.6 Å². The van der Waals surface area contributed by atoms with Gasteiger partial charge in [-0.05, 0) is 20.0 Å². The van der Waals surface area contributed by atoms with Crippen LogP contribution in [0.5, 0.6) is 0 Å². The van der Waals surface area contributed by atoms with Gasteiger partial charge in [-0.15, -0.1) is 0 Å². The van der Waals surface area contributed by atoms with Crippen LogP contribution in [0.25, 0.3) is 0 Å². The molecule has 2 rings (SSSR count). The van der Waals surface area contributed by atoms with Gasteiger partial charge in [-0.3, -0.25) is 4.90 Å². The average Bonchev–Trinajstić information content (AvgIpc) is 2.49. The van der Waals surface area contributed by atoms with Gasteiger partial charge in [0.15, 0.2) is 0 Å². The molecule has 0 aliphatic carbocycles. The van der Waals surface area contributed by atoms with Crippen LogP contribution in [-0.4, -0.2) is 77.8 Å². The summed E-state index contributed by atoms with van der Waals surface area (Å²) in [6, 6.07) is 0. The van der Waals surface area contributed by atoms with E-state index in [0.29, 0.717) is 6.54 Å². The molecule has 0 amide bonds. The third kappa shape index (κ3) is 4.91. The van der Waals surface area contributed by atoms with Crippen molar-refractivity contribution in [3.05, 3.63) is 18.0 Å². The monoisotopic (exact) mass is 293 g/mol. The van der Waals surface area contributed by atoms with Crippen molar-refractivity contribution in [2.24, 2.45) is 0 Å². The second-order valence-electron chi connectivity index (χ2n) is 5.68.